The summed E-state index contributed by atoms with van der Waals surface area (Å²) in [6.07, 6.45) is 2.89. The van der Waals surface area contributed by atoms with Gasteiger partial charge in [-0.1, -0.05) is 0 Å². The molecule has 2 heterocycles. The zero-order valence-electron chi connectivity index (χ0n) is 11.8. The van der Waals surface area contributed by atoms with Gasteiger partial charge in [0.1, 0.15) is 0 Å². The number of hydrogen-bond donors (Lipinski definition) is 1. The van der Waals surface area contributed by atoms with E-state index in [1.807, 2.05) is 19.0 Å². The molecule has 2 rings (SSSR count). The number of aliphatic hydroxyl groups is 1. The fraction of sp³-hybridized carbons (Fsp3) is 0.615. The van der Waals surface area contributed by atoms with Gasteiger partial charge in [-0.15, -0.1) is 0 Å². The first-order valence-electron chi connectivity index (χ1n) is 6.62. The van der Waals surface area contributed by atoms with Crippen LogP contribution in [0.3, 0.4) is 0 Å². The number of nitro groups is 1. The number of hydrogen-bond acceptors (Lipinski definition) is 6. The van der Waals surface area contributed by atoms with Crippen molar-refractivity contribution in [2.24, 2.45) is 0 Å². The first-order valence-corrected chi connectivity index (χ1v) is 6.62. The average molecular weight is 280 g/mol. The fourth-order valence-electron chi connectivity index (χ4n) is 2.60. The maximum Gasteiger partial charge on any atom is 0.363 e. The minimum absolute atomic E-state index is 0.144. The fourth-order valence-corrected chi connectivity index (χ4v) is 2.60. The van der Waals surface area contributed by atoms with Crippen LogP contribution in [-0.4, -0.2) is 59.2 Å². The Kier molecular flexibility index (Phi) is 4.20. The van der Waals surface area contributed by atoms with Gasteiger partial charge in [0.25, 0.3) is 0 Å². The van der Waals surface area contributed by atoms with E-state index in [9.17, 15) is 15.2 Å². The van der Waals surface area contributed by atoms with Crippen molar-refractivity contribution in [3.8, 4) is 0 Å². The summed E-state index contributed by atoms with van der Waals surface area (Å²) in [5, 5.41) is 21.0. The normalized spacial score (nSPS) is 18.3. The van der Waals surface area contributed by atoms with Crippen molar-refractivity contribution in [3.63, 3.8) is 0 Å². The van der Waals surface area contributed by atoms with E-state index in [0.29, 0.717) is 19.4 Å². The highest BCUT2D eigenvalue weighted by molar-refractivity contribution is 5.47. The predicted molar refractivity (Wildman–Crippen MR) is 75.8 cm³/mol. The van der Waals surface area contributed by atoms with E-state index in [1.165, 1.54) is 12.3 Å². The van der Waals surface area contributed by atoms with Gasteiger partial charge in [-0.05, 0) is 42.9 Å². The zero-order valence-corrected chi connectivity index (χ0v) is 11.8. The van der Waals surface area contributed by atoms with Gasteiger partial charge in [-0.2, -0.15) is 0 Å². The Balaban J connectivity index is 1.98. The molecule has 0 bridgehead atoms. The molecule has 1 N–H and O–H groups in total. The second kappa shape index (κ2) is 5.72. The van der Waals surface area contributed by atoms with Crippen LogP contribution in [0, 0.1) is 10.1 Å². The summed E-state index contributed by atoms with van der Waals surface area (Å²) in [6, 6.07) is 3.12. The van der Waals surface area contributed by atoms with Crippen molar-refractivity contribution in [2.75, 3.05) is 38.6 Å². The summed E-state index contributed by atoms with van der Waals surface area (Å²) >= 11 is 0. The summed E-state index contributed by atoms with van der Waals surface area (Å²) < 4.78 is 0. The molecule has 0 aliphatic carbocycles. The van der Waals surface area contributed by atoms with Gasteiger partial charge in [-0.25, -0.2) is 0 Å². The first-order chi connectivity index (χ1) is 9.39. The van der Waals surface area contributed by atoms with Gasteiger partial charge in [0.15, 0.2) is 6.20 Å². The molecule has 0 amide bonds. The van der Waals surface area contributed by atoms with Gasteiger partial charge in [0.05, 0.1) is 11.3 Å². The molecule has 0 radical (unpaired) electrons. The summed E-state index contributed by atoms with van der Waals surface area (Å²) in [5.74, 6) is -0.144. The lowest BCUT2D eigenvalue weighted by atomic mass is 9.91. The number of anilines is 1. The highest BCUT2D eigenvalue weighted by Crippen LogP contribution is 2.27. The lowest BCUT2D eigenvalue weighted by molar-refractivity contribution is -0.389. The molecule has 0 atom stereocenters. The quantitative estimate of drug-likeness (QED) is 0.651. The second-order valence-electron chi connectivity index (χ2n) is 5.58. The minimum Gasteiger partial charge on any atom is -0.388 e. The van der Waals surface area contributed by atoms with E-state index < -0.39 is 10.5 Å². The molecular weight excluding hydrogens is 260 g/mol. The van der Waals surface area contributed by atoms with Gasteiger partial charge in [0.2, 0.25) is 0 Å². The van der Waals surface area contributed by atoms with Crippen LogP contribution < -0.4 is 4.90 Å². The lowest BCUT2D eigenvalue weighted by Gasteiger charge is -2.40. The molecule has 1 aliphatic rings. The van der Waals surface area contributed by atoms with Crippen molar-refractivity contribution in [2.45, 2.75) is 18.4 Å². The molecule has 0 saturated carbocycles. The Morgan fingerprint density at radius 3 is 2.55 bits per heavy atom. The molecule has 20 heavy (non-hydrogen) atoms. The highest BCUT2D eigenvalue weighted by Gasteiger charge is 2.33. The van der Waals surface area contributed by atoms with Crippen molar-refractivity contribution in [3.05, 3.63) is 28.4 Å². The van der Waals surface area contributed by atoms with Crippen LogP contribution in [0.15, 0.2) is 18.3 Å². The first kappa shape index (κ1) is 14.7. The van der Waals surface area contributed by atoms with Crippen LogP contribution in [-0.2, 0) is 0 Å². The number of pyridine rings is 1. The molecule has 7 heteroatoms. The van der Waals surface area contributed by atoms with Gasteiger partial charge < -0.3 is 25.0 Å². The minimum atomic E-state index is -0.645. The Labute approximate surface area is 118 Å². The van der Waals surface area contributed by atoms with Gasteiger partial charge in [0, 0.05) is 25.7 Å². The molecule has 7 nitrogen and oxygen atoms in total. The summed E-state index contributed by atoms with van der Waals surface area (Å²) in [6.45, 7) is 2.10. The van der Waals surface area contributed by atoms with Crippen molar-refractivity contribution < 1.29 is 10.0 Å². The van der Waals surface area contributed by atoms with Crippen LogP contribution >= 0.6 is 0 Å². The maximum absolute atomic E-state index is 10.6. The third-order valence-corrected chi connectivity index (χ3v) is 3.59. The smallest absolute Gasteiger partial charge is 0.363 e. The summed E-state index contributed by atoms with van der Waals surface area (Å²) in [5.41, 5.74) is 0.219. The largest absolute Gasteiger partial charge is 0.388 e. The standard InChI is InChI=1S/C13H20N4O3/c1-15(2)10-13(18)5-7-16(8-6-13)11-3-4-12(14-9-11)17(19)20/h3-4,9,18H,5-8,10H2,1-2H3. The molecular formula is C13H20N4O3. The van der Waals surface area contributed by atoms with Crippen LogP contribution in [0.1, 0.15) is 12.8 Å². The number of nitrogens with zero attached hydrogens (tertiary/aromatic N) is 4. The molecule has 1 aromatic rings. The van der Waals surface area contributed by atoms with Crippen molar-refractivity contribution in [1.29, 1.82) is 0 Å². The highest BCUT2D eigenvalue weighted by atomic mass is 16.6. The summed E-state index contributed by atoms with van der Waals surface area (Å²) in [7, 11) is 3.90. The lowest BCUT2D eigenvalue weighted by Crippen LogP contribution is -2.49. The van der Waals surface area contributed by atoms with Crippen LogP contribution in [0.2, 0.25) is 0 Å². The van der Waals surface area contributed by atoms with Crippen molar-refractivity contribution >= 4 is 11.5 Å². The monoisotopic (exact) mass is 280 g/mol. The molecule has 0 spiro atoms. The Morgan fingerprint density at radius 2 is 2.10 bits per heavy atom. The van der Waals surface area contributed by atoms with Crippen molar-refractivity contribution in [1.82, 2.24) is 9.88 Å². The average Bonchev–Trinajstić information content (AvgIpc) is 2.38. The second-order valence-corrected chi connectivity index (χ2v) is 5.58. The van der Waals surface area contributed by atoms with E-state index in [0.717, 1.165) is 18.8 Å². The van der Waals surface area contributed by atoms with E-state index >= 15 is 0 Å². The Bertz CT molecular complexity index is 467. The van der Waals surface area contributed by atoms with Crippen LogP contribution in [0.25, 0.3) is 0 Å². The van der Waals surface area contributed by atoms with Crippen LogP contribution in [0.4, 0.5) is 11.5 Å². The molecule has 110 valence electrons. The predicted octanol–water partition coefficient (Wildman–Crippen LogP) is 0.883. The number of likely N-dealkylation sites (N-methyl/N-ethyl adjacent to an activating group) is 1. The molecule has 1 saturated heterocycles. The molecule has 1 aromatic heterocycles. The molecule has 1 aliphatic heterocycles. The maximum atomic E-state index is 10.6. The van der Waals surface area contributed by atoms with E-state index in [-0.39, 0.29) is 5.82 Å². The topological polar surface area (TPSA) is 82.7 Å². The Morgan fingerprint density at radius 1 is 1.45 bits per heavy atom. The summed E-state index contributed by atoms with van der Waals surface area (Å²) in [4.78, 5) is 18.0. The van der Waals surface area contributed by atoms with E-state index in [1.54, 1.807) is 6.07 Å². The third-order valence-electron chi connectivity index (χ3n) is 3.59. The molecule has 0 aromatic carbocycles. The van der Waals surface area contributed by atoms with Gasteiger partial charge >= 0.3 is 5.82 Å². The Hall–Kier alpha value is -1.73. The third kappa shape index (κ3) is 3.43. The number of rotatable bonds is 4. The van der Waals surface area contributed by atoms with E-state index in [4.69, 9.17) is 0 Å². The SMILES string of the molecule is CN(C)CC1(O)CCN(c2ccc([N+](=O)[O-])nc2)CC1. The zero-order chi connectivity index (χ0) is 14.8. The van der Waals surface area contributed by atoms with Crippen LogP contribution in [0.5, 0.6) is 0 Å². The van der Waals surface area contributed by atoms with E-state index in [2.05, 4.69) is 9.88 Å². The molecule has 0 unspecified atom stereocenters. The number of piperidine rings is 1. The van der Waals surface area contributed by atoms with Gasteiger partial charge in [-0.3, -0.25) is 0 Å². The molecule has 1 fully saturated rings. The number of aromatic nitrogens is 1.